The van der Waals surface area contributed by atoms with Crippen molar-refractivity contribution in [3.63, 3.8) is 0 Å². The molecule has 0 N–H and O–H groups in total. The summed E-state index contributed by atoms with van der Waals surface area (Å²) in [6, 6.07) is 6.01. The lowest BCUT2D eigenvalue weighted by Gasteiger charge is -2.09. The first-order valence-corrected chi connectivity index (χ1v) is 6.42. The Morgan fingerprint density at radius 2 is 1.86 bits per heavy atom. The van der Waals surface area contributed by atoms with E-state index >= 15 is 0 Å². The average molecular weight is 345 g/mol. The Hall–Kier alpha value is -2.07. The van der Waals surface area contributed by atoms with Crippen LogP contribution in [0.4, 0.5) is 5.69 Å². The molecule has 21 heavy (non-hydrogen) atoms. The van der Waals surface area contributed by atoms with E-state index in [-0.39, 0.29) is 32.3 Å². The van der Waals surface area contributed by atoms with E-state index in [1.807, 2.05) is 0 Å². The Morgan fingerprint density at radius 3 is 2.38 bits per heavy atom. The Kier molecular flexibility index (Phi) is 4.48. The van der Waals surface area contributed by atoms with Gasteiger partial charge in [0.2, 0.25) is 10.9 Å². The van der Waals surface area contributed by atoms with Crippen molar-refractivity contribution in [2.45, 2.75) is 0 Å². The van der Waals surface area contributed by atoms with Crippen LogP contribution in [0.3, 0.4) is 0 Å². The standard InChI is InChI=1S/C12H4Cl3N3O3/c13-7-1-8(14)3-9(2-7)21-11-6(4-16)5-17-12(15)10(11)18(19)20/h1-3,5H. The molecule has 0 fully saturated rings. The normalized spacial score (nSPS) is 10.0. The molecular weight excluding hydrogens is 341 g/mol. The summed E-state index contributed by atoms with van der Waals surface area (Å²) in [7, 11) is 0. The van der Waals surface area contributed by atoms with Gasteiger partial charge in [-0.05, 0) is 18.2 Å². The zero-order chi connectivity index (χ0) is 15.6. The van der Waals surface area contributed by atoms with Gasteiger partial charge in [0.15, 0.2) is 0 Å². The Morgan fingerprint density at radius 1 is 1.24 bits per heavy atom. The molecule has 0 amide bonds. The number of nitriles is 1. The van der Waals surface area contributed by atoms with Crippen molar-refractivity contribution in [1.29, 1.82) is 5.26 Å². The summed E-state index contributed by atoms with van der Waals surface area (Å²) in [4.78, 5) is 13.9. The summed E-state index contributed by atoms with van der Waals surface area (Å²) < 4.78 is 5.38. The first kappa shape index (κ1) is 15.3. The van der Waals surface area contributed by atoms with Crippen molar-refractivity contribution in [1.82, 2.24) is 4.98 Å². The van der Waals surface area contributed by atoms with Gasteiger partial charge >= 0.3 is 5.69 Å². The van der Waals surface area contributed by atoms with E-state index in [1.54, 1.807) is 6.07 Å². The summed E-state index contributed by atoms with van der Waals surface area (Å²) in [6.07, 6.45) is 1.08. The van der Waals surface area contributed by atoms with Crippen LogP contribution >= 0.6 is 34.8 Å². The van der Waals surface area contributed by atoms with Gasteiger partial charge in [-0.2, -0.15) is 5.26 Å². The maximum Gasteiger partial charge on any atom is 0.349 e. The van der Waals surface area contributed by atoms with Crippen molar-refractivity contribution in [3.8, 4) is 17.6 Å². The second-order valence-corrected chi connectivity index (χ2v) is 4.95. The number of aromatic nitrogens is 1. The molecule has 0 unspecified atom stereocenters. The van der Waals surface area contributed by atoms with Crippen molar-refractivity contribution in [2.24, 2.45) is 0 Å². The number of benzene rings is 1. The van der Waals surface area contributed by atoms with E-state index < -0.39 is 10.6 Å². The number of nitro groups is 1. The molecule has 0 saturated carbocycles. The van der Waals surface area contributed by atoms with E-state index in [0.717, 1.165) is 6.20 Å². The summed E-state index contributed by atoms with van der Waals surface area (Å²) in [6.45, 7) is 0. The van der Waals surface area contributed by atoms with Crippen molar-refractivity contribution in [3.05, 3.63) is 55.3 Å². The molecular formula is C12H4Cl3N3O3. The molecule has 6 nitrogen and oxygen atoms in total. The molecule has 0 aliphatic rings. The lowest BCUT2D eigenvalue weighted by atomic mass is 10.2. The molecule has 0 atom stereocenters. The fraction of sp³-hybridized carbons (Fsp3) is 0. The van der Waals surface area contributed by atoms with Crippen LogP contribution in [0.2, 0.25) is 15.2 Å². The zero-order valence-corrected chi connectivity index (χ0v) is 12.3. The summed E-state index contributed by atoms with van der Waals surface area (Å²) >= 11 is 17.3. The first-order chi connectivity index (χ1) is 9.92. The number of rotatable bonds is 3. The molecule has 1 aromatic carbocycles. The van der Waals surface area contributed by atoms with Gasteiger partial charge in [0.05, 0.1) is 11.1 Å². The van der Waals surface area contributed by atoms with Gasteiger partial charge in [0.1, 0.15) is 17.4 Å². The lowest BCUT2D eigenvalue weighted by molar-refractivity contribution is -0.385. The fourth-order valence-corrected chi connectivity index (χ4v) is 2.22. The monoisotopic (exact) mass is 343 g/mol. The average Bonchev–Trinajstić information content (AvgIpc) is 2.37. The van der Waals surface area contributed by atoms with Gasteiger partial charge < -0.3 is 4.74 Å². The Labute approximate surface area is 133 Å². The van der Waals surface area contributed by atoms with Gasteiger partial charge in [0, 0.05) is 10.0 Å². The quantitative estimate of drug-likeness (QED) is 0.460. The number of halogens is 3. The minimum atomic E-state index is -0.780. The van der Waals surface area contributed by atoms with Crippen LogP contribution in [0.15, 0.2) is 24.4 Å². The predicted molar refractivity (Wildman–Crippen MR) is 77.2 cm³/mol. The highest BCUT2D eigenvalue weighted by Gasteiger charge is 2.26. The van der Waals surface area contributed by atoms with Crippen molar-refractivity contribution < 1.29 is 9.66 Å². The zero-order valence-electron chi connectivity index (χ0n) is 10.0. The highest BCUT2D eigenvalue weighted by atomic mass is 35.5. The number of ether oxygens (including phenoxy) is 1. The largest absolute Gasteiger partial charge is 0.448 e. The maximum atomic E-state index is 11.1. The summed E-state index contributed by atoms with van der Waals surface area (Å²) in [5, 5.41) is 20.3. The Balaban J connectivity index is 2.60. The molecule has 2 rings (SSSR count). The predicted octanol–water partition coefficient (Wildman–Crippen LogP) is 4.61. The van der Waals surface area contributed by atoms with Crippen LogP contribution in [0.1, 0.15) is 5.56 Å². The third-order valence-electron chi connectivity index (χ3n) is 2.32. The topological polar surface area (TPSA) is 89.0 Å². The third kappa shape index (κ3) is 3.34. The molecule has 9 heteroatoms. The number of hydrogen-bond acceptors (Lipinski definition) is 5. The van der Waals surface area contributed by atoms with Crippen molar-refractivity contribution in [2.75, 3.05) is 0 Å². The first-order valence-electron chi connectivity index (χ1n) is 5.29. The molecule has 0 saturated heterocycles. The molecule has 106 valence electrons. The van der Waals surface area contributed by atoms with Crippen LogP contribution in [0.25, 0.3) is 0 Å². The molecule has 0 aliphatic heterocycles. The van der Waals surface area contributed by atoms with Gasteiger partial charge in [-0.15, -0.1) is 0 Å². The smallest absolute Gasteiger partial charge is 0.349 e. The van der Waals surface area contributed by atoms with E-state index in [9.17, 15) is 10.1 Å². The molecule has 2 aromatic rings. The van der Waals surface area contributed by atoms with Crippen LogP contribution < -0.4 is 4.74 Å². The molecule has 1 aromatic heterocycles. The van der Waals surface area contributed by atoms with Gasteiger partial charge in [-0.3, -0.25) is 10.1 Å². The maximum absolute atomic E-state index is 11.1. The van der Waals surface area contributed by atoms with Crippen LogP contribution in [-0.4, -0.2) is 9.91 Å². The van der Waals surface area contributed by atoms with E-state index in [2.05, 4.69) is 4.98 Å². The molecule has 0 bridgehead atoms. The van der Waals surface area contributed by atoms with Crippen molar-refractivity contribution >= 4 is 40.5 Å². The molecule has 0 radical (unpaired) electrons. The van der Waals surface area contributed by atoms with Gasteiger partial charge in [0.25, 0.3) is 0 Å². The molecule has 0 spiro atoms. The van der Waals surface area contributed by atoms with Crippen LogP contribution in [0, 0.1) is 21.4 Å². The molecule has 1 heterocycles. The van der Waals surface area contributed by atoms with Gasteiger partial charge in [-0.25, -0.2) is 4.98 Å². The number of hydrogen-bond donors (Lipinski definition) is 0. The van der Waals surface area contributed by atoms with Crippen LogP contribution in [-0.2, 0) is 0 Å². The lowest BCUT2D eigenvalue weighted by Crippen LogP contribution is -1.99. The highest BCUT2D eigenvalue weighted by Crippen LogP contribution is 2.39. The number of nitrogens with zero attached hydrogens (tertiary/aromatic N) is 3. The van der Waals surface area contributed by atoms with Gasteiger partial charge in [-0.1, -0.05) is 34.8 Å². The fourth-order valence-electron chi connectivity index (χ4n) is 1.51. The minimum Gasteiger partial charge on any atom is -0.448 e. The minimum absolute atomic E-state index is 0.134. The second kappa shape index (κ2) is 6.14. The van der Waals surface area contributed by atoms with E-state index in [4.69, 9.17) is 44.8 Å². The number of pyridine rings is 1. The SMILES string of the molecule is N#Cc1cnc(Cl)c([N+](=O)[O-])c1Oc1cc(Cl)cc(Cl)c1. The highest BCUT2D eigenvalue weighted by molar-refractivity contribution is 6.34. The summed E-state index contributed by atoms with van der Waals surface area (Å²) in [5.41, 5.74) is -0.742. The third-order valence-corrected chi connectivity index (χ3v) is 3.03. The summed E-state index contributed by atoms with van der Waals surface area (Å²) in [5.74, 6) is -0.185. The molecule has 0 aliphatic carbocycles. The second-order valence-electron chi connectivity index (χ2n) is 3.72. The van der Waals surface area contributed by atoms with Crippen LogP contribution in [0.5, 0.6) is 11.5 Å². The van der Waals surface area contributed by atoms with E-state index in [1.165, 1.54) is 18.2 Å². The Bertz CT molecular complexity index is 754. The van der Waals surface area contributed by atoms with E-state index in [0.29, 0.717) is 0 Å².